The Hall–Kier alpha value is -3.03. The molecule has 2 heterocycles. The summed E-state index contributed by atoms with van der Waals surface area (Å²) in [6.07, 6.45) is 3.29. The first kappa shape index (κ1) is 19.7. The van der Waals surface area contributed by atoms with Crippen LogP contribution in [0.15, 0.2) is 18.2 Å². The van der Waals surface area contributed by atoms with Crippen molar-refractivity contribution in [3.05, 3.63) is 29.3 Å². The van der Waals surface area contributed by atoms with E-state index in [0.29, 0.717) is 6.42 Å². The molecule has 0 saturated carbocycles. The van der Waals surface area contributed by atoms with E-state index in [9.17, 15) is 24.0 Å². The summed E-state index contributed by atoms with van der Waals surface area (Å²) in [6.45, 7) is 1.87. The summed E-state index contributed by atoms with van der Waals surface area (Å²) in [7, 11) is 0. The average molecular weight is 386 g/mol. The lowest BCUT2D eigenvalue weighted by Crippen LogP contribution is -2.54. The zero-order valence-corrected chi connectivity index (χ0v) is 15.7. The summed E-state index contributed by atoms with van der Waals surface area (Å²) >= 11 is 0. The van der Waals surface area contributed by atoms with Gasteiger partial charge in [0, 0.05) is 12.8 Å². The predicted octanol–water partition coefficient (Wildman–Crippen LogP) is 1.62. The lowest BCUT2D eigenvalue weighted by atomic mass is 10.0. The Morgan fingerprint density at radius 3 is 2.68 bits per heavy atom. The highest BCUT2D eigenvalue weighted by Gasteiger charge is 2.46. The molecule has 8 nitrogen and oxygen atoms in total. The second-order valence-electron chi connectivity index (χ2n) is 6.91. The van der Waals surface area contributed by atoms with Crippen LogP contribution in [0.5, 0.6) is 5.75 Å². The number of hydrogen-bond donors (Lipinski definition) is 1. The maximum absolute atomic E-state index is 12.9. The quantitative estimate of drug-likeness (QED) is 0.537. The lowest BCUT2D eigenvalue weighted by molar-refractivity contribution is -0.136. The van der Waals surface area contributed by atoms with Crippen molar-refractivity contribution in [2.24, 2.45) is 0 Å². The van der Waals surface area contributed by atoms with Gasteiger partial charge in [0.15, 0.2) is 5.78 Å². The number of imide groups is 2. The van der Waals surface area contributed by atoms with Crippen LogP contribution in [0.3, 0.4) is 0 Å². The van der Waals surface area contributed by atoms with Gasteiger partial charge in [0.2, 0.25) is 11.8 Å². The molecule has 0 bridgehead atoms. The maximum atomic E-state index is 12.9. The minimum atomic E-state index is -1.03. The molecule has 1 fully saturated rings. The van der Waals surface area contributed by atoms with Gasteiger partial charge in [0.25, 0.3) is 11.8 Å². The van der Waals surface area contributed by atoms with Crippen molar-refractivity contribution in [2.75, 3.05) is 6.61 Å². The second kappa shape index (κ2) is 8.33. The first-order valence-corrected chi connectivity index (χ1v) is 9.43. The fourth-order valence-electron chi connectivity index (χ4n) is 3.41. The topological polar surface area (TPSA) is 110 Å². The highest BCUT2D eigenvalue weighted by molar-refractivity contribution is 6.24. The van der Waals surface area contributed by atoms with Crippen LogP contribution in [0.25, 0.3) is 0 Å². The third-order valence-electron chi connectivity index (χ3n) is 4.88. The van der Waals surface area contributed by atoms with Crippen LogP contribution >= 0.6 is 0 Å². The van der Waals surface area contributed by atoms with Gasteiger partial charge in [-0.1, -0.05) is 25.8 Å². The minimum Gasteiger partial charge on any atom is -0.485 e. The summed E-state index contributed by atoms with van der Waals surface area (Å²) in [6, 6.07) is 3.54. The number of hydrogen-bond acceptors (Lipinski definition) is 6. The number of nitrogens with one attached hydrogen (secondary N) is 1. The predicted molar refractivity (Wildman–Crippen MR) is 97.8 cm³/mol. The molecule has 8 heteroatoms. The van der Waals surface area contributed by atoms with E-state index in [2.05, 4.69) is 5.32 Å². The lowest BCUT2D eigenvalue weighted by Gasteiger charge is -2.27. The minimum absolute atomic E-state index is 0.0542. The molecule has 2 aliphatic rings. The second-order valence-corrected chi connectivity index (χ2v) is 6.91. The van der Waals surface area contributed by atoms with E-state index in [-0.39, 0.29) is 42.1 Å². The molecule has 1 N–H and O–H groups in total. The molecular weight excluding hydrogens is 364 g/mol. The Balaban J connectivity index is 1.76. The van der Waals surface area contributed by atoms with Gasteiger partial charge in [-0.2, -0.15) is 0 Å². The molecule has 1 unspecified atom stereocenters. The van der Waals surface area contributed by atoms with Crippen LogP contribution in [-0.4, -0.2) is 47.0 Å². The van der Waals surface area contributed by atoms with Gasteiger partial charge in [0.1, 0.15) is 18.4 Å². The summed E-state index contributed by atoms with van der Waals surface area (Å²) in [4.78, 5) is 61.9. The number of Topliss-reactive ketones (excluding diaryl/α,β-unsaturated/α-hetero) is 1. The molecule has 28 heavy (non-hydrogen) atoms. The van der Waals surface area contributed by atoms with Crippen LogP contribution in [0.1, 0.15) is 66.2 Å². The van der Waals surface area contributed by atoms with Crippen molar-refractivity contribution >= 4 is 29.4 Å². The van der Waals surface area contributed by atoms with Gasteiger partial charge < -0.3 is 4.74 Å². The molecular formula is C20H22N2O6. The third-order valence-corrected chi connectivity index (χ3v) is 4.88. The van der Waals surface area contributed by atoms with E-state index >= 15 is 0 Å². The zero-order valence-electron chi connectivity index (χ0n) is 15.7. The number of amides is 4. The number of unbranched alkanes of at least 4 members (excludes halogenated alkanes) is 2. The van der Waals surface area contributed by atoms with Gasteiger partial charge in [-0.15, -0.1) is 0 Å². The molecule has 0 radical (unpaired) electrons. The zero-order chi connectivity index (χ0) is 20.3. The van der Waals surface area contributed by atoms with E-state index < -0.39 is 29.7 Å². The van der Waals surface area contributed by atoms with Gasteiger partial charge in [0.05, 0.1) is 11.1 Å². The fourth-order valence-corrected chi connectivity index (χ4v) is 3.41. The van der Waals surface area contributed by atoms with Crippen LogP contribution in [-0.2, 0) is 14.4 Å². The molecule has 0 aliphatic carbocycles. The van der Waals surface area contributed by atoms with Crippen molar-refractivity contribution in [3.63, 3.8) is 0 Å². The Kier molecular flexibility index (Phi) is 5.87. The monoisotopic (exact) mass is 386 g/mol. The maximum Gasteiger partial charge on any atom is 0.266 e. The Morgan fingerprint density at radius 2 is 1.96 bits per heavy atom. The summed E-state index contributed by atoms with van der Waals surface area (Å²) in [5, 5.41) is 2.15. The number of ketones is 1. The van der Waals surface area contributed by atoms with E-state index in [1.165, 1.54) is 12.1 Å². The summed E-state index contributed by atoms with van der Waals surface area (Å²) < 4.78 is 5.54. The first-order valence-electron chi connectivity index (χ1n) is 9.43. The van der Waals surface area contributed by atoms with Gasteiger partial charge in [-0.05, 0) is 25.0 Å². The van der Waals surface area contributed by atoms with Crippen molar-refractivity contribution in [1.29, 1.82) is 0 Å². The van der Waals surface area contributed by atoms with E-state index in [1.54, 1.807) is 6.07 Å². The van der Waals surface area contributed by atoms with Crippen LogP contribution in [0.2, 0.25) is 0 Å². The Morgan fingerprint density at radius 1 is 1.18 bits per heavy atom. The van der Waals surface area contributed by atoms with Gasteiger partial charge in [-0.3, -0.25) is 34.2 Å². The van der Waals surface area contributed by atoms with E-state index in [0.717, 1.165) is 24.2 Å². The van der Waals surface area contributed by atoms with Gasteiger partial charge >= 0.3 is 0 Å². The first-order chi connectivity index (χ1) is 13.4. The third kappa shape index (κ3) is 3.81. The largest absolute Gasteiger partial charge is 0.485 e. The van der Waals surface area contributed by atoms with E-state index in [1.807, 2.05) is 6.92 Å². The number of benzene rings is 1. The highest BCUT2D eigenvalue weighted by Crippen LogP contribution is 2.33. The molecule has 0 aromatic heterocycles. The van der Waals surface area contributed by atoms with Gasteiger partial charge in [-0.25, -0.2) is 0 Å². The highest BCUT2D eigenvalue weighted by atomic mass is 16.5. The Labute approximate surface area is 162 Å². The van der Waals surface area contributed by atoms with Crippen molar-refractivity contribution in [2.45, 2.75) is 51.5 Å². The molecule has 1 aromatic carbocycles. The molecule has 148 valence electrons. The standard InChI is InChI=1S/C20H22N2O6/c1-2-3-4-6-12(23)11-28-15-8-5-7-13-17(15)20(27)22(19(13)26)14-9-10-16(24)21-18(14)25/h5,7-8,14H,2-4,6,9-11H2,1H3,(H,21,24,25). The van der Waals surface area contributed by atoms with Crippen LogP contribution in [0.4, 0.5) is 0 Å². The van der Waals surface area contributed by atoms with Crippen LogP contribution in [0, 0.1) is 0 Å². The number of ether oxygens (including phenoxy) is 1. The molecule has 1 saturated heterocycles. The fraction of sp³-hybridized carbons (Fsp3) is 0.450. The number of nitrogens with zero attached hydrogens (tertiary/aromatic N) is 1. The number of carbonyl (C=O) groups is 5. The molecule has 3 rings (SSSR count). The molecule has 2 aliphatic heterocycles. The van der Waals surface area contributed by atoms with Crippen LogP contribution < -0.4 is 10.1 Å². The summed E-state index contributed by atoms with van der Waals surface area (Å²) in [5.41, 5.74) is 0.184. The number of rotatable bonds is 8. The smallest absolute Gasteiger partial charge is 0.266 e. The number of carbonyl (C=O) groups excluding carboxylic acids is 5. The molecule has 0 spiro atoms. The molecule has 1 atom stereocenters. The van der Waals surface area contributed by atoms with Crippen molar-refractivity contribution in [1.82, 2.24) is 10.2 Å². The molecule has 4 amide bonds. The SMILES string of the molecule is CCCCCC(=O)COc1cccc2c1C(=O)N(C1CCC(=O)NC1=O)C2=O. The summed E-state index contributed by atoms with van der Waals surface area (Å²) in [5.74, 6) is -2.28. The Bertz CT molecular complexity index is 847. The number of fused-ring (bicyclic) bond motifs is 1. The average Bonchev–Trinajstić information content (AvgIpc) is 2.92. The number of piperidine rings is 1. The molecule has 1 aromatic rings. The van der Waals surface area contributed by atoms with Crippen molar-refractivity contribution < 1.29 is 28.7 Å². The normalized spacial score (nSPS) is 18.9. The van der Waals surface area contributed by atoms with E-state index in [4.69, 9.17) is 4.74 Å². The van der Waals surface area contributed by atoms with Crippen molar-refractivity contribution in [3.8, 4) is 5.75 Å².